The van der Waals surface area contributed by atoms with E-state index >= 15 is 0 Å². The molecule has 0 spiro atoms. The number of aromatic nitrogens is 1. The van der Waals surface area contributed by atoms with Gasteiger partial charge in [-0.05, 0) is 31.0 Å². The van der Waals surface area contributed by atoms with Crippen LogP contribution in [0.3, 0.4) is 0 Å². The lowest BCUT2D eigenvalue weighted by atomic mass is 10.1. The summed E-state index contributed by atoms with van der Waals surface area (Å²) < 4.78 is 38.3. The molecule has 0 bridgehead atoms. The molecule has 0 aliphatic rings. The Bertz CT molecular complexity index is 731. The Morgan fingerprint density at radius 3 is 2.63 bits per heavy atom. The number of aryl methyl sites for hydroxylation is 1. The molecule has 0 amide bonds. The highest BCUT2D eigenvalue weighted by Gasteiger charge is 2.30. The van der Waals surface area contributed by atoms with Gasteiger partial charge in [-0.15, -0.1) is 35.3 Å². The standard InChI is InChI=1S/C18H23F3N4S.HI/c1-3-15-12-24-16(26-15)8-9-23-17(22-4-2)25-11-13-6-5-7-14(10-13)18(19,20)21;/h5-7,10,12H,3-4,8-9,11H2,1-2H3,(H2,22,23,25);1H. The van der Waals surface area contributed by atoms with Crippen LogP contribution in [0.5, 0.6) is 0 Å². The van der Waals surface area contributed by atoms with Gasteiger partial charge in [0.1, 0.15) is 0 Å². The SMILES string of the molecule is CCNC(=NCc1cccc(C(F)(F)F)c1)NCCc1ncc(CC)s1.I. The molecule has 2 N–H and O–H groups in total. The molecule has 0 aliphatic carbocycles. The van der Waals surface area contributed by atoms with Crippen LogP contribution in [0.15, 0.2) is 35.5 Å². The molecule has 2 aromatic rings. The molecular formula is C18H24F3IN4S. The molecule has 0 unspecified atom stereocenters. The molecule has 1 heterocycles. The average Bonchev–Trinajstić information content (AvgIpc) is 3.07. The van der Waals surface area contributed by atoms with E-state index in [9.17, 15) is 13.2 Å². The van der Waals surface area contributed by atoms with Crippen LogP contribution in [0.2, 0.25) is 0 Å². The lowest BCUT2D eigenvalue weighted by Gasteiger charge is -2.11. The maximum Gasteiger partial charge on any atom is 0.416 e. The van der Waals surface area contributed by atoms with Crippen LogP contribution in [-0.4, -0.2) is 24.0 Å². The van der Waals surface area contributed by atoms with Gasteiger partial charge in [-0.25, -0.2) is 9.98 Å². The molecule has 1 aromatic carbocycles. The summed E-state index contributed by atoms with van der Waals surface area (Å²) in [6.45, 7) is 5.54. The number of hydrogen-bond acceptors (Lipinski definition) is 3. The Hall–Kier alpha value is -1.36. The van der Waals surface area contributed by atoms with Crippen molar-refractivity contribution in [3.05, 3.63) is 51.5 Å². The average molecular weight is 512 g/mol. The molecule has 150 valence electrons. The van der Waals surface area contributed by atoms with Crippen LogP contribution >= 0.6 is 35.3 Å². The minimum Gasteiger partial charge on any atom is -0.357 e. The van der Waals surface area contributed by atoms with E-state index in [0.717, 1.165) is 30.0 Å². The number of aliphatic imine (C=N–C) groups is 1. The number of nitrogens with zero attached hydrogens (tertiary/aromatic N) is 2. The monoisotopic (exact) mass is 512 g/mol. The van der Waals surface area contributed by atoms with E-state index in [2.05, 4.69) is 27.5 Å². The number of guanidine groups is 1. The Balaban J connectivity index is 0.00000364. The van der Waals surface area contributed by atoms with Crippen molar-refractivity contribution >= 4 is 41.3 Å². The Morgan fingerprint density at radius 1 is 1.22 bits per heavy atom. The van der Waals surface area contributed by atoms with Gasteiger partial charge < -0.3 is 10.6 Å². The summed E-state index contributed by atoms with van der Waals surface area (Å²) >= 11 is 1.69. The molecule has 27 heavy (non-hydrogen) atoms. The predicted octanol–water partition coefficient (Wildman–Crippen LogP) is 4.64. The summed E-state index contributed by atoms with van der Waals surface area (Å²) in [4.78, 5) is 9.99. The fourth-order valence-electron chi connectivity index (χ4n) is 2.27. The number of thiazole rings is 1. The topological polar surface area (TPSA) is 49.3 Å². The fourth-order valence-corrected chi connectivity index (χ4v) is 3.13. The van der Waals surface area contributed by atoms with Crippen LogP contribution in [0.1, 0.15) is 34.9 Å². The molecule has 0 radical (unpaired) electrons. The highest BCUT2D eigenvalue weighted by Crippen LogP contribution is 2.29. The Morgan fingerprint density at radius 2 is 2.00 bits per heavy atom. The van der Waals surface area contributed by atoms with Gasteiger partial charge in [0.25, 0.3) is 0 Å². The highest BCUT2D eigenvalue weighted by molar-refractivity contribution is 14.0. The third-order valence-corrected chi connectivity index (χ3v) is 4.80. The molecule has 0 aliphatic heterocycles. The van der Waals surface area contributed by atoms with Gasteiger partial charge >= 0.3 is 6.18 Å². The lowest BCUT2D eigenvalue weighted by molar-refractivity contribution is -0.137. The van der Waals surface area contributed by atoms with Gasteiger partial charge in [-0.3, -0.25) is 0 Å². The van der Waals surface area contributed by atoms with Gasteiger partial charge in [0, 0.05) is 30.6 Å². The minimum atomic E-state index is -4.34. The van der Waals surface area contributed by atoms with Crippen molar-refractivity contribution in [2.45, 2.75) is 39.4 Å². The van der Waals surface area contributed by atoms with E-state index in [1.807, 2.05) is 13.1 Å². The second kappa shape index (κ2) is 11.5. The highest BCUT2D eigenvalue weighted by atomic mass is 127. The number of rotatable bonds is 7. The first kappa shape index (κ1) is 23.7. The van der Waals surface area contributed by atoms with Crippen LogP contribution in [-0.2, 0) is 25.6 Å². The molecular weight excluding hydrogens is 488 g/mol. The summed E-state index contributed by atoms with van der Waals surface area (Å²) in [7, 11) is 0. The zero-order valence-electron chi connectivity index (χ0n) is 15.3. The fraction of sp³-hybridized carbons (Fsp3) is 0.444. The van der Waals surface area contributed by atoms with E-state index in [0.29, 0.717) is 24.6 Å². The van der Waals surface area contributed by atoms with Crippen molar-refractivity contribution < 1.29 is 13.2 Å². The number of benzene rings is 1. The molecule has 0 fully saturated rings. The normalized spacial score (nSPS) is 11.8. The smallest absolute Gasteiger partial charge is 0.357 e. The van der Waals surface area contributed by atoms with Gasteiger partial charge in [0.15, 0.2) is 5.96 Å². The summed E-state index contributed by atoms with van der Waals surface area (Å²) in [5, 5.41) is 7.35. The maximum atomic E-state index is 12.8. The molecule has 0 atom stereocenters. The van der Waals surface area contributed by atoms with Gasteiger partial charge in [-0.1, -0.05) is 19.1 Å². The summed E-state index contributed by atoms with van der Waals surface area (Å²) in [6, 6.07) is 5.25. The predicted molar refractivity (Wildman–Crippen MR) is 115 cm³/mol. The van der Waals surface area contributed by atoms with Crippen molar-refractivity contribution in [3.8, 4) is 0 Å². The van der Waals surface area contributed by atoms with Crippen LogP contribution in [0.4, 0.5) is 13.2 Å². The number of nitrogens with one attached hydrogen (secondary N) is 2. The zero-order valence-corrected chi connectivity index (χ0v) is 18.4. The number of hydrogen-bond donors (Lipinski definition) is 2. The molecule has 4 nitrogen and oxygen atoms in total. The zero-order chi connectivity index (χ0) is 19.0. The third-order valence-electron chi connectivity index (χ3n) is 3.60. The molecule has 0 saturated carbocycles. The second-order valence-corrected chi connectivity index (χ2v) is 6.84. The summed E-state index contributed by atoms with van der Waals surface area (Å²) in [6.07, 6.45) is -0.689. The second-order valence-electron chi connectivity index (χ2n) is 5.64. The van der Waals surface area contributed by atoms with E-state index in [1.54, 1.807) is 17.4 Å². The van der Waals surface area contributed by atoms with E-state index in [4.69, 9.17) is 0 Å². The number of alkyl halides is 3. The first-order valence-corrected chi connectivity index (χ1v) is 9.36. The third kappa shape index (κ3) is 8.04. The molecule has 9 heteroatoms. The Labute approximate surface area is 178 Å². The van der Waals surface area contributed by atoms with Crippen molar-refractivity contribution in [1.82, 2.24) is 15.6 Å². The van der Waals surface area contributed by atoms with Crippen LogP contribution in [0, 0.1) is 0 Å². The molecule has 0 saturated heterocycles. The Kier molecular flexibility index (Phi) is 10.1. The number of halogens is 4. The largest absolute Gasteiger partial charge is 0.416 e. The van der Waals surface area contributed by atoms with Gasteiger partial charge in [-0.2, -0.15) is 13.2 Å². The van der Waals surface area contributed by atoms with Crippen LogP contribution in [0.25, 0.3) is 0 Å². The van der Waals surface area contributed by atoms with Crippen LogP contribution < -0.4 is 10.6 Å². The first-order valence-electron chi connectivity index (χ1n) is 8.54. The molecule has 1 aromatic heterocycles. The van der Waals surface area contributed by atoms with Gasteiger partial charge in [0.05, 0.1) is 17.1 Å². The lowest BCUT2D eigenvalue weighted by Crippen LogP contribution is -2.38. The maximum absolute atomic E-state index is 12.8. The van der Waals surface area contributed by atoms with Gasteiger partial charge in [0.2, 0.25) is 0 Å². The summed E-state index contributed by atoms with van der Waals surface area (Å²) in [5.74, 6) is 0.581. The van der Waals surface area contributed by atoms with Crippen molar-refractivity contribution in [2.75, 3.05) is 13.1 Å². The van der Waals surface area contributed by atoms with E-state index in [-0.39, 0.29) is 30.5 Å². The van der Waals surface area contributed by atoms with E-state index in [1.165, 1.54) is 10.9 Å². The van der Waals surface area contributed by atoms with Crippen molar-refractivity contribution in [2.24, 2.45) is 4.99 Å². The first-order chi connectivity index (χ1) is 12.4. The van der Waals surface area contributed by atoms with Crippen molar-refractivity contribution in [1.29, 1.82) is 0 Å². The van der Waals surface area contributed by atoms with E-state index < -0.39 is 11.7 Å². The quantitative estimate of drug-likeness (QED) is 0.323. The molecule has 2 rings (SSSR count). The van der Waals surface area contributed by atoms with Crippen molar-refractivity contribution in [3.63, 3.8) is 0 Å². The minimum absolute atomic E-state index is 0. The summed E-state index contributed by atoms with van der Waals surface area (Å²) in [5.41, 5.74) is -0.136.